The van der Waals surface area contributed by atoms with Crippen LogP contribution in [0.5, 0.6) is 0 Å². The zero-order valence-corrected chi connectivity index (χ0v) is 26.7. The molecule has 0 spiro atoms. The summed E-state index contributed by atoms with van der Waals surface area (Å²) in [5.74, 6) is 0.651. The van der Waals surface area contributed by atoms with E-state index in [1.165, 1.54) is 0 Å². The Hall–Kier alpha value is 1.10. The third-order valence-electron chi connectivity index (χ3n) is 7.06. The van der Waals surface area contributed by atoms with Crippen molar-refractivity contribution in [2.45, 2.75) is 119 Å². The smallest absolute Gasteiger partial charge is 0.356 e. The Balaban J connectivity index is 5.69. The minimum atomic E-state index is -4.18. The van der Waals surface area contributed by atoms with Gasteiger partial charge in [-0.25, -0.2) is 0 Å². The molecule has 0 saturated heterocycles. The van der Waals surface area contributed by atoms with Gasteiger partial charge < -0.3 is 28.4 Å². The second kappa shape index (κ2) is 17.6. The molecule has 0 aromatic rings. The molecule has 0 rings (SSSR count). The van der Waals surface area contributed by atoms with Crippen LogP contribution in [-0.4, -0.2) is 46.0 Å². The fourth-order valence-electron chi connectivity index (χ4n) is 4.50. The number of hydrogen-bond acceptors (Lipinski definition) is 3. The zero-order chi connectivity index (χ0) is 26.4. The van der Waals surface area contributed by atoms with E-state index in [2.05, 4.69) is 20.8 Å². The van der Waals surface area contributed by atoms with Crippen LogP contribution in [0.25, 0.3) is 0 Å². The third-order valence-corrected chi connectivity index (χ3v) is 40.2. The largest absolute Gasteiger partial charge is 0.653 e. The lowest BCUT2D eigenvalue weighted by Crippen LogP contribution is -2.23. The molecule has 6 unspecified atom stereocenters. The summed E-state index contributed by atoms with van der Waals surface area (Å²) in [6.45, 7) is 12.4. The summed E-state index contributed by atoms with van der Waals surface area (Å²) in [5.41, 5.74) is 0. The average Bonchev–Trinajstić information content (AvgIpc) is 2.75. The number of hydrogen-bond donors (Lipinski definition) is 3. The van der Waals surface area contributed by atoms with Crippen LogP contribution < -0.4 is 0 Å². The van der Waals surface area contributed by atoms with Crippen molar-refractivity contribution in [1.82, 2.24) is 0 Å². The Morgan fingerprint density at radius 1 is 0.529 bits per heavy atom. The van der Waals surface area contributed by atoms with Crippen LogP contribution in [-0.2, 0) is 13.7 Å². The lowest BCUT2D eigenvalue weighted by atomic mass is 10.0. The molecule has 0 aliphatic rings. The van der Waals surface area contributed by atoms with E-state index in [0.29, 0.717) is 19.3 Å². The minimum absolute atomic E-state index is 0.110. The van der Waals surface area contributed by atoms with Gasteiger partial charge in [0, 0.05) is 18.5 Å². The van der Waals surface area contributed by atoms with Crippen molar-refractivity contribution in [2.75, 3.05) is 18.5 Å². The summed E-state index contributed by atoms with van der Waals surface area (Å²) in [6, 6.07) is -12.5. The summed E-state index contributed by atoms with van der Waals surface area (Å²) in [5, 5.41) is 0. The SMILES string of the molecule is CCCCC(C)CC[P](=O)(O)[Al]([P](=O)(O)CCC(C)CCCC)[P](=O)(O)CCC(C)CCCC. The molecule has 0 aliphatic heterocycles. The van der Waals surface area contributed by atoms with Gasteiger partial charge in [0.25, 0.3) is 0 Å². The monoisotopic (exact) mass is 558 g/mol. The molecule has 3 N–H and O–H groups in total. The summed E-state index contributed by atoms with van der Waals surface area (Å²) in [6.07, 6.45) is 10.0. The molecule has 34 heavy (non-hydrogen) atoms. The van der Waals surface area contributed by atoms with Gasteiger partial charge in [0.05, 0.1) is 0 Å². The second-order valence-electron chi connectivity index (χ2n) is 10.9. The first-order valence-electron chi connectivity index (χ1n) is 13.7. The summed E-state index contributed by atoms with van der Waals surface area (Å²) in [7, 11) is 0. The summed E-state index contributed by atoms with van der Waals surface area (Å²) >= 11 is -3.79. The van der Waals surface area contributed by atoms with Crippen molar-refractivity contribution < 1.29 is 28.4 Å². The highest BCUT2D eigenvalue weighted by atomic mass is 31.8. The molecule has 204 valence electrons. The fraction of sp³-hybridized carbons (Fsp3) is 1.00. The quantitative estimate of drug-likeness (QED) is 0.0963. The van der Waals surface area contributed by atoms with Gasteiger partial charge in [0.2, 0.25) is 0 Å². The van der Waals surface area contributed by atoms with Gasteiger partial charge in [-0.15, -0.1) is 0 Å². The lowest BCUT2D eigenvalue weighted by molar-refractivity contribution is 0.454. The van der Waals surface area contributed by atoms with E-state index in [0.717, 1.165) is 57.8 Å². The summed E-state index contributed by atoms with van der Waals surface area (Å²) in [4.78, 5) is 33.3. The number of unbranched alkanes of at least 4 members (excludes halogenated alkanes) is 3. The average molecular weight is 559 g/mol. The molecule has 6 nitrogen and oxygen atoms in total. The number of rotatable bonds is 21. The molecule has 0 saturated carbocycles. The van der Waals surface area contributed by atoms with E-state index >= 15 is 0 Å². The highest BCUT2D eigenvalue weighted by molar-refractivity contribution is 8.43. The molecule has 10 heteroatoms. The molecule has 0 amide bonds. The Bertz CT molecular complexity index is 599. The maximum Gasteiger partial charge on any atom is 0.653 e. The molecule has 0 fully saturated rings. The lowest BCUT2D eigenvalue weighted by Gasteiger charge is -2.28. The normalized spacial score (nSPS) is 20.0. The standard InChI is InChI=1S/3C8H17O2P.Al/c3*1-3-4-5-8(2)6-7-11(9)10;/h3*8H,3-7H2,1-2H3;/q;;;-3/p+3. The maximum absolute atomic E-state index is 13.6. The van der Waals surface area contributed by atoms with Gasteiger partial charge in [-0.1, -0.05) is 99.3 Å². The van der Waals surface area contributed by atoms with E-state index in [4.69, 9.17) is 0 Å². The molecule has 0 radical (unpaired) electrons. The molecule has 0 aromatic carbocycles. The van der Waals surface area contributed by atoms with Gasteiger partial charge >= 0.3 is 12.8 Å². The first-order valence-corrected chi connectivity index (χ1v) is 24.1. The van der Waals surface area contributed by atoms with Crippen molar-refractivity contribution in [3.8, 4) is 0 Å². The van der Waals surface area contributed by atoms with E-state index in [9.17, 15) is 28.4 Å². The first kappa shape index (κ1) is 35.1. The van der Waals surface area contributed by atoms with Crippen LogP contribution in [0.3, 0.4) is 0 Å². The Labute approximate surface area is 213 Å². The van der Waals surface area contributed by atoms with Crippen molar-refractivity contribution in [3.63, 3.8) is 0 Å². The van der Waals surface area contributed by atoms with E-state index in [-0.39, 0.29) is 36.2 Å². The van der Waals surface area contributed by atoms with Crippen molar-refractivity contribution in [2.24, 2.45) is 17.8 Å². The predicted molar refractivity (Wildman–Crippen MR) is 150 cm³/mol. The van der Waals surface area contributed by atoms with Gasteiger partial charge in [0.15, 0.2) is 0 Å². The van der Waals surface area contributed by atoms with Crippen LogP contribution in [0.15, 0.2) is 0 Å². The minimum Gasteiger partial charge on any atom is -0.356 e. The van der Waals surface area contributed by atoms with E-state index in [1.807, 2.05) is 20.8 Å². The van der Waals surface area contributed by atoms with Crippen LogP contribution in [0, 0.1) is 17.8 Å². The zero-order valence-electron chi connectivity index (χ0n) is 22.8. The van der Waals surface area contributed by atoms with Crippen LogP contribution in [0.1, 0.15) is 119 Å². The fourth-order valence-corrected chi connectivity index (χ4v) is 39.3. The van der Waals surface area contributed by atoms with E-state index in [1.54, 1.807) is 0 Å². The molecule has 0 aliphatic carbocycles. The Morgan fingerprint density at radius 3 is 0.971 bits per heavy atom. The first-order chi connectivity index (χ1) is 15.7. The van der Waals surface area contributed by atoms with E-state index < -0.39 is 30.9 Å². The molecule has 0 aromatic heterocycles. The predicted octanol–water partition coefficient (Wildman–Crippen LogP) is 8.43. The third kappa shape index (κ3) is 14.1. The highest BCUT2D eigenvalue weighted by Crippen LogP contribution is 2.75. The molecule has 6 atom stereocenters. The topological polar surface area (TPSA) is 112 Å². The van der Waals surface area contributed by atoms with Gasteiger partial charge in [-0.05, 0) is 37.0 Å². The van der Waals surface area contributed by atoms with Gasteiger partial charge in [-0.2, -0.15) is 0 Å². The van der Waals surface area contributed by atoms with Crippen LogP contribution in [0.4, 0.5) is 0 Å². The van der Waals surface area contributed by atoms with Crippen LogP contribution >= 0.6 is 18.0 Å². The molecular weight excluding hydrogens is 504 g/mol. The molecular formula is C24H54AlO6P3. The Morgan fingerprint density at radius 2 is 0.765 bits per heavy atom. The highest BCUT2D eigenvalue weighted by Gasteiger charge is 2.64. The van der Waals surface area contributed by atoms with Gasteiger partial charge in [-0.3, -0.25) is 0 Å². The maximum atomic E-state index is 13.6. The van der Waals surface area contributed by atoms with Gasteiger partial charge in [0.1, 0.15) is 18.0 Å². The summed E-state index contributed by atoms with van der Waals surface area (Å²) < 4.78 is 40.7. The van der Waals surface area contributed by atoms with Crippen molar-refractivity contribution >= 4 is 30.9 Å². The Kier molecular flexibility index (Phi) is 18.2. The van der Waals surface area contributed by atoms with Crippen LogP contribution in [0.2, 0.25) is 0 Å². The molecule has 0 heterocycles. The second-order valence-corrected chi connectivity index (χ2v) is 33.0. The van der Waals surface area contributed by atoms with Crippen molar-refractivity contribution in [3.05, 3.63) is 0 Å². The van der Waals surface area contributed by atoms with Crippen molar-refractivity contribution in [1.29, 1.82) is 0 Å². The molecule has 0 bridgehead atoms.